The molecule has 31 heavy (non-hydrogen) atoms. The highest BCUT2D eigenvalue weighted by atomic mass is 16.2. The van der Waals surface area contributed by atoms with E-state index < -0.39 is 0 Å². The van der Waals surface area contributed by atoms with Crippen LogP contribution in [0.1, 0.15) is 48.7 Å². The van der Waals surface area contributed by atoms with Gasteiger partial charge in [0.1, 0.15) is 5.70 Å². The molecule has 3 amide bonds. The Labute approximate surface area is 182 Å². The van der Waals surface area contributed by atoms with Crippen LogP contribution in [0.2, 0.25) is 0 Å². The van der Waals surface area contributed by atoms with Gasteiger partial charge in [-0.05, 0) is 55.5 Å². The summed E-state index contributed by atoms with van der Waals surface area (Å²) in [6, 6.07) is 16.2. The minimum atomic E-state index is -0.339. The van der Waals surface area contributed by atoms with Crippen LogP contribution >= 0.6 is 0 Å². The number of benzene rings is 2. The number of carbonyl (C=O) groups excluding carboxylic acids is 3. The van der Waals surface area contributed by atoms with E-state index in [0.717, 1.165) is 31.5 Å². The molecule has 0 radical (unpaired) electrons. The number of piperidine rings is 1. The van der Waals surface area contributed by atoms with Crippen molar-refractivity contribution in [3.05, 3.63) is 77.5 Å². The van der Waals surface area contributed by atoms with E-state index in [2.05, 4.69) is 12.2 Å². The lowest BCUT2D eigenvalue weighted by Gasteiger charge is -2.32. The molecule has 6 nitrogen and oxygen atoms in total. The molecule has 2 heterocycles. The first-order valence-electron chi connectivity index (χ1n) is 10.7. The van der Waals surface area contributed by atoms with Crippen molar-refractivity contribution in [1.82, 2.24) is 10.2 Å². The first kappa shape index (κ1) is 20.8. The maximum atomic E-state index is 12.9. The molecule has 0 aromatic heterocycles. The van der Waals surface area contributed by atoms with E-state index >= 15 is 0 Å². The number of amides is 3. The van der Waals surface area contributed by atoms with Crippen molar-refractivity contribution >= 4 is 23.4 Å². The lowest BCUT2D eigenvalue weighted by molar-refractivity contribution is -0.121. The quantitative estimate of drug-likeness (QED) is 0.754. The summed E-state index contributed by atoms with van der Waals surface area (Å²) < 4.78 is 0. The summed E-state index contributed by atoms with van der Waals surface area (Å²) in [4.78, 5) is 41.3. The molecule has 1 atom stereocenters. The summed E-state index contributed by atoms with van der Waals surface area (Å²) in [6.07, 6.45) is 3.47. The minimum Gasteiger partial charge on any atom is -0.367 e. The number of hydrogen-bond acceptors (Lipinski definition) is 4. The van der Waals surface area contributed by atoms with E-state index in [4.69, 9.17) is 0 Å². The zero-order chi connectivity index (χ0) is 22.0. The molecule has 160 valence electrons. The van der Waals surface area contributed by atoms with Gasteiger partial charge >= 0.3 is 0 Å². The molecule has 1 unspecified atom stereocenters. The van der Waals surface area contributed by atoms with Gasteiger partial charge in [0.25, 0.3) is 17.7 Å². The Hall–Kier alpha value is -3.41. The highest BCUT2D eigenvalue weighted by molar-refractivity contribution is 6.30. The van der Waals surface area contributed by atoms with Crippen LogP contribution in [0.3, 0.4) is 0 Å². The Bertz CT molecular complexity index is 1010. The third-order valence-electron chi connectivity index (χ3n) is 6.06. The van der Waals surface area contributed by atoms with Crippen LogP contribution in [0.15, 0.2) is 66.4 Å². The summed E-state index contributed by atoms with van der Waals surface area (Å²) in [5.41, 5.74) is 2.44. The van der Waals surface area contributed by atoms with Crippen LogP contribution in [0, 0.1) is 5.92 Å². The average Bonchev–Trinajstić information content (AvgIpc) is 3.08. The van der Waals surface area contributed by atoms with Gasteiger partial charge in [-0.2, -0.15) is 0 Å². The highest BCUT2D eigenvalue weighted by Gasteiger charge is 2.36. The van der Waals surface area contributed by atoms with Crippen molar-refractivity contribution in [2.24, 2.45) is 5.92 Å². The van der Waals surface area contributed by atoms with E-state index in [-0.39, 0.29) is 23.8 Å². The summed E-state index contributed by atoms with van der Waals surface area (Å²) >= 11 is 0. The Kier molecular flexibility index (Phi) is 5.89. The number of likely N-dealkylation sites (tertiary alicyclic amines) is 1. The van der Waals surface area contributed by atoms with Crippen molar-refractivity contribution in [2.45, 2.75) is 32.7 Å². The fourth-order valence-electron chi connectivity index (χ4n) is 4.05. The van der Waals surface area contributed by atoms with Crippen LogP contribution in [-0.4, -0.2) is 35.7 Å². The fraction of sp³-hybridized carbons (Fsp3) is 0.320. The first-order valence-corrected chi connectivity index (χ1v) is 10.7. The third-order valence-corrected chi connectivity index (χ3v) is 6.06. The molecule has 1 fully saturated rings. The average molecular weight is 418 g/mol. The molecule has 0 spiro atoms. The van der Waals surface area contributed by atoms with Gasteiger partial charge in [0.2, 0.25) is 0 Å². The van der Waals surface area contributed by atoms with Crippen molar-refractivity contribution in [1.29, 1.82) is 0 Å². The van der Waals surface area contributed by atoms with Crippen molar-refractivity contribution in [3.8, 4) is 0 Å². The van der Waals surface area contributed by atoms with E-state index in [0.29, 0.717) is 22.9 Å². The number of rotatable bonds is 5. The van der Waals surface area contributed by atoms with Crippen molar-refractivity contribution in [2.75, 3.05) is 18.0 Å². The van der Waals surface area contributed by atoms with E-state index in [1.54, 1.807) is 24.3 Å². The SMILES string of the molecule is CC1CCN(C2=CC(=O)N(c3ccc(C(=O)NC(C)c4ccccc4)cc3)C2=O)CC1. The molecule has 0 saturated carbocycles. The fourth-order valence-corrected chi connectivity index (χ4v) is 4.05. The normalized spacial score (nSPS) is 18.2. The number of nitrogens with one attached hydrogen (secondary N) is 1. The molecule has 1 N–H and O–H groups in total. The van der Waals surface area contributed by atoms with Gasteiger partial charge in [0, 0.05) is 24.7 Å². The van der Waals surface area contributed by atoms with Crippen molar-refractivity contribution < 1.29 is 14.4 Å². The Morgan fingerprint density at radius 2 is 1.65 bits per heavy atom. The van der Waals surface area contributed by atoms with Crippen LogP contribution < -0.4 is 10.2 Å². The van der Waals surface area contributed by atoms with Gasteiger partial charge in [-0.3, -0.25) is 14.4 Å². The summed E-state index contributed by atoms with van der Waals surface area (Å²) in [7, 11) is 0. The van der Waals surface area contributed by atoms with Crippen molar-refractivity contribution in [3.63, 3.8) is 0 Å². The maximum Gasteiger partial charge on any atom is 0.281 e. The molecular formula is C25H27N3O3. The molecule has 6 heteroatoms. The number of nitrogens with zero attached hydrogens (tertiary/aromatic N) is 2. The highest BCUT2D eigenvalue weighted by Crippen LogP contribution is 2.28. The first-order chi connectivity index (χ1) is 14.9. The van der Waals surface area contributed by atoms with Crippen LogP contribution in [0.5, 0.6) is 0 Å². The number of carbonyl (C=O) groups is 3. The second-order valence-corrected chi connectivity index (χ2v) is 8.33. The summed E-state index contributed by atoms with van der Waals surface area (Å²) in [5.74, 6) is -0.199. The minimum absolute atomic E-state index is 0.130. The molecule has 2 aliphatic heterocycles. The van der Waals surface area contributed by atoms with E-state index in [1.807, 2.05) is 42.2 Å². The molecule has 2 aromatic rings. The second-order valence-electron chi connectivity index (χ2n) is 8.33. The Morgan fingerprint density at radius 1 is 1.00 bits per heavy atom. The summed E-state index contributed by atoms with van der Waals surface area (Å²) in [6.45, 7) is 5.72. The third kappa shape index (κ3) is 4.38. The number of imide groups is 1. The second kappa shape index (κ2) is 8.76. The Morgan fingerprint density at radius 3 is 2.29 bits per heavy atom. The lowest BCUT2D eigenvalue weighted by atomic mass is 9.99. The largest absolute Gasteiger partial charge is 0.367 e. The number of anilines is 1. The van der Waals surface area contributed by atoms with Gasteiger partial charge in [-0.15, -0.1) is 0 Å². The van der Waals surface area contributed by atoms with E-state index in [9.17, 15) is 14.4 Å². The van der Waals surface area contributed by atoms with Crippen LogP contribution in [0.25, 0.3) is 0 Å². The standard InChI is InChI=1S/C25H27N3O3/c1-17-12-14-27(15-13-17)22-16-23(29)28(25(22)31)21-10-8-20(9-11-21)24(30)26-18(2)19-6-4-3-5-7-19/h3-11,16-18H,12-15H2,1-2H3,(H,26,30). The van der Waals surface area contributed by atoms with Gasteiger partial charge in [0.15, 0.2) is 0 Å². The summed E-state index contributed by atoms with van der Waals surface area (Å²) in [5, 5.41) is 2.97. The van der Waals surface area contributed by atoms with Gasteiger partial charge in [-0.25, -0.2) is 4.90 Å². The molecule has 4 rings (SSSR count). The van der Waals surface area contributed by atoms with Gasteiger partial charge < -0.3 is 10.2 Å². The lowest BCUT2D eigenvalue weighted by Crippen LogP contribution is -2.38. The molecule has 2 aromatic carbocycles. The molecule has 2 aliphatic rings. The zero-order valence-corrected chi connectivity index (χ0v) is 17.9. The monoisotopic (exact) mass is 417 g/mol. The molecule has 1 saturated heterocycles. The van der Waals surface area contributed by atoms with Crippen LogP contribution in [0.4, 0.5) is 5.69 Å². The molecular weight excluding hydrogens is 390 g/mol. The zero-order valence-electron chi connectivity index (χ0n) is 17.9. The maximum absolute atomic E-state index is 12.9. The van der Waals surface area contributed by atoms with Crippen LogP contribution in [-0.2, 0) is 9.59 Å². The predicted octanol–water partition coefficient (Wildman–Crippen LogP) is 3.67. The smallest absolute Gasteiger partial charge is 0.281 e. The van der Waals surface area contributed by atoms with E-state index in [1.165, 1.54) is 11.0 Å². The van der Waals surface area contributed by atoms with Gasteiger partial charge in [-0.1, -0.05) is 37.3 Å². The van der Waals surface area contributed by atoms with Gasteiger partial charge in [0.05, 0.1) is 11.7 Å². The topological polar surface area (TPSA) is 69.7 Å². The molecule has 0 bridgehead atoms. The Balaban J connectivity index is 1.43. The number of hydrogen-bond donors (Lipinski definition) is 1. The molecule has 0 aliphatic carbocycles. The predicted molar refractivity (Wildman–Crippen MR) is 119 cm³/mol.